The first-order valence-corrected chi connectivity index (χ1v) is 11.0. The summed E-state index contributed by atoms with van der Waals surface area (Å²) in [5, 5.41) is 10.9. The van der Waals surface area contributed by atoms with Gasteiger partial charge < -0.3 is 5.73 Å². The number of hydrogen-bond donors (Lipinski definition) is 2. The fourth-order valence-corrected chi connectivity index (χ4v) is 5.84. The molecule has 0 amide bonds. The third kappa shape index (κ3) is 4.13. The predicted molar refractivity (Wildman–Crippen MR) is 118 cm³/mol. The Balaban J connectivity index is 1.65. The van der Waals surface area contributed by atoms with Crippen molar-refractivity contribution < 1.29 is 0 Å². The number of hydrogen-bond acceptors (Lipinski definition) is 5. The van der Waals surface area contributed by atoms with Gasteiger partial charge in [0.1, 0.15) is 10.8 Å². The third-order valence-corrected chi connectivity index (χ3v) is 7.38. The minimum absolute atomic E-state index is 0.104. The molecular formula is C21H17N3S3. The molecule has 0 aliphatic rings. The maximum Gasteiger partial charge on any atom is 0.133 e. The van der Waals surface area contributed by atoms with Gasteiger partial charge in [-0.25, -0.2) is 4.98 Å². The van der Waals surface area contributed by atoms with Crippen LogP contribution < -0.4 is 5.73 Å². The SMILES string of the molecule is N=C(N)c1cc(-c2nc(-c3ccccc3)cs2)c(SCc2ccccc2)s1. The number of nitrogen functional groups attached to an aromatic ring is 1. The summed E-state index contributed by atoms with van der Waals surface area (Å²) in [6, 6.07) is 22.6. The molecule has 134 valence electrons. The average Bonchev–Trinajstić information content (AvgIpc) is 3.35. The second kappa shape index (κ2) is 8.08. The van der Waals surface area contributed by atoms with Crippen LogP contribution >= 0.6 is 34.4 Å². The van der Waals surface area contributed by atoms with Gasteiger partial charge in [-0.2, -0.15) is 0 Å². The van der Waals surface area contributed by atoms with Crippen LogP contribution in [-0.2, 0) is 5.75 Å². The standard InChI is InChI=1S/C21H17N3S3/c22-19(23)18-11-16(21(27-18)26-12-14-7-3-1-4-8-14)20-24-17(13-25-20)15-9-5-2-6-10-15/h1-11,13H,12H2,(H3,22,23). The van der Waals surface area contributed by atoms with E-state index in [9.17, 15) is 0 Å². The van der Waals surface area contributed by atoms with Gasteiger partial charge >= 0.3 is 0 Å². The third-order valence-electron chi connectivity index (χ3n) is 3.98. The molecule has 27 heavy (non-hydrogen) atoms. The van der Waals surface area contributed by atoms with E-state index in [-0.39, 0.29) is 5.84 Å². The molecule has 6 heteroatoms. The molecule has 0 spiro atoms. The van der Waals surface area contributed by atoms with E-state index in [1.165, 1.54) is 5.56 Å². The molecular weight excluding hydrogens is 390 g/mol. The van der Waals surface area contributed by atoms with Crippen LogP contribution in [-0.4, -0.2) is 10.8 Å². The summed E-state index contributed by atoms with van der Waals surface area (Å²) in [4.78, 5) is 5.63. The molecule has 2 heterocycles. The Bertz CT molecular complexity index is 1050. The van der Waals surface area contributed by atoms with Gasteiger partial charge in [-0.1, -0.05) is 60.7 Å². The maximum absolute atomic E-state index is 7.81. The Morgan fingerprint density at radius 3 is 2.44 bits per heavy atom. The highest BCUT2D eigenvalue weighted by atomic mass is 32.2. The summed E-state index contributed by atoms with van der Waals surface area (Å²) in [6.07, 6.45) is 0. The zero-order chi connectivity index (χ0) is 18.6. The molecule has 0 unspecified atom stereocenters. The maximum atomic E-state index is 7.81. The number of thiazole rings is 1. The highest BCUT2D eigenvalue weighted by Gasteiger charge is 2.17. The normalized spacial score (nSPS) is 10.8. The van der Waals surface area contributed by atoms with Gasteiger partial charge in [-0.3, -0.25) is 5.41 Å². The molecule has 2 aromatic heterocycles. The molecule has 0 saturated heterocycles. The molecule has 3 nitrogen and oxygen atoms in total. The zero-order valence-corrected chi connectivity index (χ0v) is 16.8. The van der Waals surface area contributed by atoms with Crippen molar-refractivity contribution in [2.75, 3.05) is 0 Å². The second-order valence-corrected chi connectivity index (χ2v) is 9.06. The van der Waals surface area contributed by atoms with E-state index in [1.807, 2.05) is 30.3 Å². The van der Waals surface area contributed by atoms with Crippen molar-refractivity contribution >= 4 is 40.3 Å². The molecule has 4 rings (SSSR count). The minimum Gasteiger partial charge on any atom is -0.383 e. The van der Waals surface area contributed by atoms with E-state index in [2.05, 4.69) is 41.8 Å². The summed E-state index contributed by atoms with van der Waals surface area (Å²) < 4.78 is 1.15. The molecule has 0 radical (unpaired) electrons. The first-order chi connectivity index (χ1) is 13.2. The first-order valence-electron chi connectivity index (χ1n) is 8.37. The van der Waals surface area contributed by atoms with Crippen molar-refractivity contribution in [3.05, 3.63) is 82.6 Å². The van der Waals surface area contributed by atoms with E-state index in [0.717, 1.165) is 36.7 Å². The van der Waals surface area contributed by atoms with Gasteiger partial charge in [-0.15, -0.1) is 34.4 Å². The van der Waals surface area contributed by atoms with E-state index in [1.54, 1.807) is 34.4 Å². The van der Waals surface area contributed by atoms with Crippen LogP contribution in [0, 0.1) is 5.41 Å². The number of rotatable bonds is 6. The van der Waals surface area contributed by atoms with Gasteiger partial charge in [-0.05, 0) is 11.6 Å². The lowest BCUT2D eigenvalue weighted by molar-refractivity contribution is 1.38. The van der Waals surface area contributed by atoms with E-state index in [0.29, 0.717) is 0 Å². The number of benzene rings is 2. The van der Waals surface area contributed by atoms with Crippen molar-refractivity contribution in [1.82, 2.24) is 4.98 Å². The Morgan fingerprint density at radius 1 is 1.04 bits per heavy atom. The Labute approximate surface area is 170 Å². The van der Waals surface area contributed by atoms with Crippen LogP contribution in [0.5, 0.6) is 0 Å². The fourth-order valence-electron chi connectivity index (χ4n) is 2.63. The zero-order valence-electron chi connectivity index (χ0n) is 14.4. The largest absolute Gasteiger partial charge is 0.383 e. The number of nitrogens with two attached hydrogens (primary N) is 1. The van der Waals surface area contributed by atoms with Crippen molar-refractivity contribution in [2.45, 2.75) is 9.96 Å². The highest BCUT2D eigenvalue weighted by Crippen LogP contribution is 2.42. The van der Waals surface area contributed by atoms with E-state index >= 15 is 0 Å². The molecule has 0 bridgehead atoms. The van der Waals surface area contributed by atoms with Crippen molar-refractivity contribution in [2.24, 2.45) is 5.73 Å². The van der Waals surface area contributed by atoms with Crippen molar-refractivity contribution in [1.29, 1.82) is 5.41 Å². The van der Waals surface area contributed by atoms with Gasteiger partial charge in [0.05, 0.1) is 14.8 Å². The molecule has 4 aromatic rings. The van der Waals surface area contributed by atoms with Crippen LogP contribution in [0.15, 0.2) is 76.3 Å². The van der Waals surface area contributed by atoms with Gasteiger partial charge in [0, 0.05) is 22.3 Å². The number of amidine groups is 1. The Hall–Kier alpha value is -2.41. The van der Waals surface area contributed by atoms with Gasteiger partial charge in [0.15, 0.2) is 0 Å². The van der Waals surface area contributed by atoms with Crippen molar-refractivity contribution in [3.8, 4) is 21.8 Å². The molecule has 3 N–H and O–H groups in total. The monoisotopic (exact) mass is 407 g/mol. The molecule has 0 saturated carbocycles. The first kappa shape index (κ1) is 18.0. The lowest BCUT2D eigenvalue weighted by Gasteiger charge is -2.02. The quantitative estimate of drug-likeness (QED) is 0.230. The lowest BCUT2D eigenvalue weighted by atomic mass is 10.2. The topological polar surface area (TPSA) is 62.8 Å². The smallest absolute Gasteiger partial charge is 0.133 e. The molecule has 0 aliphatic heterocycles. The van der Waals surface area contributed by atoms with Crippen LogP contribution in [0.4, 0.5) is 0 Å². The molecule has 0 fully saturated rings. The number of thioether (sulfide) groups is 1. The lowest BCUT2D eigenvalue weighted by Crippen LogP contribution is -2.08. The van der Waals surface area contributed by atoms with E-state index < -0.39 is 0 Å². The summed E-state index contributed by atoms with van der Waals surface area (Å²) >= 11 is 4.97. The summed E-state index contributed by atoms with van der Waals surface area (Å²) in [7, 11) is 0. The fraction of sp³-hybridized carbons (Fsp3) is 0.0476. The van der Waals surface area contributed by atoms with Crippen LogP contribution in [0.2, 0.25) is 0 Å². The van der Waals surface area contributed by atoms with E-state index in [4.69, 9.17) is 16.1 Å². The Kier molecular flexibility index (Phi) is 5.38. The average molecular weight is 408 g/mol. The molecule has 0 aliphatic carbocycles. The predicted octanol–water partition coefficient (Wildman–Crippen LogP) is 6.11. The number of thiophene rings is 1. The summed E-state index contributed by atoms with van der Waals surface area (Å²) in [5.41, 5.74) is 10.2. The van der Waals surface area contributed by atoms with Crippen LogP contribution in [0.3, 0.4) is 0 Å². The second-order valence-electron chi connectivity index (χ2n) is 5.90. The van der Waals surface area contributed by atoms with Crippen LogP contribution in [0.25, 0.3) is 21.8 Å². The summed E-state index contributed by atoms with van der Waals surface area (Å²) in [6.45, 7) is 0. The van der Waals surface area contributed by atoms with Gasteiger partial charge in [0.25, 0.3) is 0 Å². The summed E-state index contributed by atoms with van der Waals surface area (Å²) in [5.74, 6) is 0.982. The Morgan fingerprint density at radius 2 is 1.74 bits per heavy atom. The minimum atomic E-state index is 0.104. The van der Waals surface area contributed by atoms with Gasteiger partial charge in [0.2, 0.25) is 0 Å². The number of nitrogens with one attached hydrogen (secondary N) is 1. The van der Waals surface area contributed by atoms with Crippen molar-refractivity contribution in [3.63, 3.8) is 0 Å². The number of nitrogens with zero attached hydrogens (tertiary/aromatic N) is 1. The molecule has 2 aromatic carbocycles. The number of aromatic nitrogens is 1. The highest BCUT2D eigenvalue weighted by molar-refractivity contribution is 8.00. The van der Waals surface area contributed by atoms with Crippen LogP contribution in [0.1, 0.15) is 10.4 Å². The molecule has 0 atom stereocenters.